The van der Waals surface area contributed by atoms with Crippen LogP contribution in [0.3, 0.4) is 0 Å². The number of ether oxygens (including phenoxy) is 1. The molecule has 1 N–H and O–H groups in total. The van der Waals surface area contributed by atoms with Crippen LogP contribution < -0.4 is 5.32 Å². The first-order chi connectivity index (χ1) is 17.5. The van der Waals surface area contributed by atoms with Gasteiger partial charge in [0.05, 0.1) is 0 Å². The van der Waals surface area contributed by atoms with Gasteiger partial charge in [-0.3, -0.25) is 9.59 Å². The van der Waals surface area contributed by atoms with Crippen LogP contribution >= 0.6 is 0 Å². The van der Waals surface area contributed by atoms with Gasteiger partial charge >= 0.3 is 12.1 Å². The van der Waals surface area contributed by atoms with Crippen LogP contribution in [0.25, 0.3) is 11.1 Å². The molecule has 2 aliphatic rings. The highest BCUT2D eigenvalue weighted by Gasteiger charge is 2.36. The predicted octanol–water partition coefficient (Wildman–Crippen LogP) is 3.74. The van der Waals surface area contributed by atoms with E-state index >= 15 is 0 Å². The van der Waals surface area contributed by atoms with E-state index in [-0.39, 0.29) is 31.8 Å². The van der Waals surface area contributed by atoms with Gasteiger partial charge in [0.2, 0.25) is 0 Å². The Labute approximate surface area is 207 Å². The van der Waals surface area contributed by atoms with Gasteiger partial charge in [-0.2, -0.15) is 0 Å². The highest BCUT2D eigenvalue weighted by molar-refractivity contribution is 6.02. The van der Waals surface area contributed by atoms with E-state index in [0.717, 1.165) is 27.8 Å². The van der Waals surface area contributed by atoms with Crippen molar-refractivity contribution in [3.8, 4) is 11.1 Å². The van der Waals surface area contributed by atoms with Gasteiger partial charge in [-0.1, -0.05) is 78.9 Å². The number of alkyl carbamates (subject to hydrolysis) is 1. The molecule has 3 aromatic rings. The van der Waals surface area contributed by atoms with Crippen LogP contribution in [0.1, 0.15) is 35.4 Å². The Hall–Kier alpha value is -4.46. The van der Waals surface area contributed by atoms with E-state index in [0.29, 0.717) is 5.06 Å². The Balaban J connectivity index is 1.28. The Kier molecular flexibility index (Phi) is 6.49. The molecule has 3 aromatic carbocycles. The molecular weight excluding hydrogens is 460 g/mol. The molecule has 3 amide bonds. The van der Waals surface area contributed by atoms with E-state index in [1.807, 2.05) is 54.6 Å². The summed E-state index contributed by atoms with van der Waals surface area (Å²) in [6.07, 6.45) is -0.737. The van der Waals surface area contributed by atoms with Gasteiger partial charge < -0.3 is 14.9 Å². The minimum absolute atomic E-state index is 0.0186. The Bertz CT molecular complexity index is 1260. The van der Waals surface area contributed by atoms with Crippen molar-refractivity contribution in [1.82, 2.24) is 10.4 Å². The number of hydroxylamine groups is 2. The van der Waals surface area contributed by atoms with Crippen molar-refractivity contribution in [3.63, 3.8) is 0 Å². The van der Waals surface area contributed by atoms with Crippen molar-refractivity contribution in [3.05, 3.63) is 95.6 Å². The molecule has 1 aliphatic carbocycles. The zero-order chi connectivity index (χ0) is 25.1. The number of amides is 3. The van der Waals surface area contributed by atoms with Gasteiger partial charge in [-0.05, 0) is 27.8 Å². The fourth-order valence-corrected chi connectivity index (χ4v) is 4.64. The van der Waals surface area contributed by atoms with Gasteiger partial charge in [0, 0.05) is 25.2 Å². The summed E-state index contributed by atoms with van der Waals surface area (Å²) in [6.45, 7) is 0.0794. The molecule has 1 fully saturated rings. The zero-order valence-corrected chi connectivity index (χ0v) is 19.4. The van der Waals surface area contributed by atoms with E-state index in [9.17, 15) is 19.2 Å². The highest BCUT2D eigenvalue weighted by Crippen LogP contribution is 2.44. The quantitative estimate of drug-likeness (QED) is 0.513. The lowest BCUT2D eigenvalue weighted by atomic mass is 9.98. The lowest BCUT2D eigenvalue weighted by molar-refractivity contribution is -0.198. The van der Waals surface area contributed by atoms with Crippen molar-refractivity contribution in [1.29, 1.82) is 0 Å². The molecule has 5 rings (SSSR count). The van der Waals surface area contributed by atoms with E-state index in [1.54, 1.807) is 24.3 Å². The summed E-state index contributed by atoms with van der Waals surface area (Å²) in [5.74, 6) is -2.24. The highest BCUT2D eigenvalue weighted by atomic mass is 16.7. The molecule has 0 aromatic heterocycles. The lowest BCUT2D eigenvalue weighted by Gasteiger charge is -2.21. The molecule has 8 heteroatoms. The Morgan fingerprint density at radius 1 is 0.833 bits per heavy atom. The largest absolute Gasteiger partial charge is 0.449 e. The van der Waals surface area contributed by atoms with Crippen molar-refractivity contribution in [2.75, 3.05) is 6.61 Å². The molecule has 1 atom stereocenters. The summed E-state index contributed by atoms with van der Waals surface area (Å²) in [7, 11) is 0. The van der Waals surface area contributed by atoms with Gasteiger partial charge in [-0.25, -0.2) is 9.59 Å². The number of imide groups is 1. The minimum Gasteiger partial charge on any atom is -0.449 e. The Morgan fingerprint density at radius 3 is 2.00 bits per heavy atom. The van der Waals surface area contributed by atoms with Gasteiger partial charge in [0.25, 0.3) is 11.8 Å². The fraction of sp³-hybridized carbons (Fsp3) is 0.214. The molecule has 0 radical (unpaired) electrons. The fourth-order valence-electron chi connectivity index (χ4n) is 4.64. The molecule has 0 unspecified atom stereocenters. The first-order valence-corrected chi connectivity index (χ1v) is 11.7. The molecular formula is C28H24N2O6. The number of carbonyl (C=O) groups excluding carboxylic acids is 4. The van der Waals surface area contributed by atoms with Crippen LogP contribution in [0.5, 0.6) is 0 Å². The van der Waals surface area contributed by atoms with E-state index in [4.69, 9.17) is 9.57 Å². The summed E-state index contributed by atoms with van der Waals surface area (Å²) in [5, 5.41) is 3.03. The third-order valence-electron chi connectivity index (χ3n) is 6.39. The number of hydrogen-bond acceptors (Lipinski definition) is 6. The number of fused-ring (bicyclic) bond motifs is 3. The predicted molar refractivity (Wildman–Crippen MR) is 129 cm³/mol. The Morgan fingerprint density at radius 2 is 1.39 bits per heavy atom. The summed E-state index contributed by atoms with van der Waals surface area (Å²) >= 11 is 0. The molecule has 0 bridgehead atoms. The van der Waals surface area contributed by atoms with Crippen molar-refractivity contribution >= 4 is 23.9 Å². The van der Waals surface area contributed by atoms with E-state index < -0.39 is 29.9 Å². The normalized spacial score (nSPS) is 15.3. The van der Waals surface area contributed by atoms with Gasteiger partial charge in [0.15, 0.2) is 0 Å². The maximum absolute atomic E-state index is 12.9. The monoisotopic (exact) mass is 484 g/mol. The average molecular weight is 485 g/mol. The first kappa shape index (κ1) is 23.3. The second-order valence-corrected chi connectivity index (χ2v) is 8.70. The smallest absolute Gasteiger partial charge is 0.407 e. The number of hydrogen-bond donors (Lipinski definition) is 1. The molecule has 0 spiro atoms. The summed E-state index contributed by atoms with van der Waals surface area (Å²) in [5.41, 5.74) is 5.10. The van der Waals surface area contributed by atoms with Gasteiger partial charge in [-0.15, -0.1) is 5.06 Å². The van der Waals surface area contributed by atoms with Crippen LogP contribution in [0.2, 0.25) is 0 Å². The molecule has 1 aliphatic heterocycles. The molecule has 1 saturated heterocycles. The maximum atomic E-state index is 12.9. The summed E-state index contributed by atoms with van der Waals surface area (Å²) < 4.78 is 5.56. The first-order valence-electron chi connectivity index (χ1n) is 11.7. The topological polar surface area (TPSA) is 102 Å². The molecule has 36 heavy (non-hydrogen) atoms. The minimum atomic E-state index is -1.16. The van der Waals surface area contributed by atoms with Crippen molar-refractivity contribution in [2.24, 2.45) is 0 Å². The SMILES string of the molecule is O=C(N[C@H](Cc1ccccc1)C(=O)ON1C(=O)CCC1=O)OCC1c2ccccc2-c2ccccc21. The number of benzene rings is 3. The molecule has 1 heterocycles. The van der Waals surface area contributed by atoms with E-state index in [2.05, 4.69) is 5.32 Å². The van der Waals surface area contributed by atoms with Crippen molar-refractivity contribution < 1.29 is 28.8 Å². The lowest BCUT2D eigenvalue weighted by Crippen LogP contribution is -2.46. The zero-order valence-electron chi connectivity index (χ0n) is 19.4. The molecule has 8 nitrogen and oxygen atoms in total. The summed E-state index contributed by atoms with van der Waals surface area (Å²) in [4.78, 5) is 54.5. The van der Waals surface area contributed by atoms with Crippen LogP contribution in [0.15, 0.2) is 78.9 Å². The maximum Gasteiger partial charge on any atom is 0.407 e. The second kappa shape index (κ2) is 10.0. The molecule has 182 valence electrons. The number of nitrogens with one attached hydrogen (secondary N) is 1. The number of nitrogens with zero attached hydrogens (tertiary/aromatic N) is 1. The van der Waals surface area contributed by atoms with Gasteiger partial charge in [0.1, 0.15) is 12.6 Å². The third kappa shape index (κ3) is 4.70. The van der Waals surface area contributed by atoms with Crippen LogP contribution in [0.4, 0.5) is 4.79 Å². The van der Waals surface area contributed by atoms with Crippen LogP contribution in [-0.4, -0.2) is 41.6 Å². The third-order valence-corrected chi connectivity index (χ3v) is 6.39. The van der Waals surface area contributed by atoms with Crippen molar-refractivity contribution in [2.45, 2.75) is 31.2 Å². The van der Waals surface area contributed by atoms with Crippen LogP contribution in [0, 0.1) is 0 Å². The second-order valence-electron chi connectivity index (χ2n) is 8.70. The number of carbonyl (C=O) groups is 4. The molecule has 0 saturated carbocycles. The van der Waals surface area contributed by atoms with E-state index in [1.165, 1.54) is 0 Å². The average Bonchev–Trinajstić information content (AvgIpc) is 3.39. The van der Waals surface area contributed by atoms with Crippen LogP contribution in [-0.2, 0) is 30.4 Å². The summed E-state index contributed by atoms with van der Waals surface area (Å²) in [6, 6.07) is 23.8. The number of rotatable bonds is 7. The standard InChI is InChI=1S/C28H24N2O6/c31-25-14-15-26(32)30(25)36-27(33)24(16-18-8-2-1-3-9-18)29-28(34)35-17-23-21-12-6-4-10-19(21)20-11-5-7-13-22(20)23/h1-13,23-24H,14-17H2,(H,29,34)/t24-/m1/s1.